The number of nitrogens with zero attached hydrogens (tertiary/aromatic N) is 1. The molecule has 1 aromatic rings. The molecule has 1 amide bonds. The average molecular weight is 277 g/mol. The van der Waals surface area contributed by atoms with Gasteiger partial charge in [-0.1, -0.05) is 26.7 Å². The summed E-state index contributed by atoms with van der Waals surface area (Å²) in [7, 11) is 0. The highest BCUT2D eigenvalue weighted by molar-refractivity contribution is 5.99. The first-order chi connectivity index (χ1) is 9.53. The number of aryl methyl sites for hydroxylation is 1. The monoisotopic (exact) mass is 277 g/mol. The number of carbonyl (C=O) groups is 1. The summed E-state index contributed by atoms with van der Waals surface area (Å²) >= 11 is 0. The van der Waals surface area contributed by atoms with Gasteiger partial charge in [-0.15, -0.1) is 0 Å². The van der Waals surface area contributed by atoms with Gasteiger partial charge >= 0.3 is 0 Å². The molecule has 0 aliphatic carbocycles. The second-order valence-corrected chi connectivity index (χ2v) is 5.24. The summed E-state index contributed by atoms with van der Waals surface area (Å²) in [5.74, 6) is 0.466. The van der Waals surface area contributed by atoms with Gasteiger partial charge in [-0.05, 0) is 32.8 Å². The van der Waals surface area contributed by atoms with Crippen LogP contribution >= 0.6 is 0 Å². The number of hydrogen-bond acceptors (Lipinski definition) is 3. The van der Waals surface area contributed by atoms with Gasteiger partial charge in [-0.2, -0.15) is 0 Å². The molecule has 0 spiro atoms. The molecule has 1 unspecified atom stereocenters. The minimum absolute atomic E-state index is 0.0483. The third-order valence-corrected chi connectivity index (χ3v) is 3.77. The molecule has 2 N–H and O–H groups in total. The van der Waals surface area contributed by atoms with Crippen LogP contribution in [0.1, 0.15) is 56.6 Å². The Morgan fingerprint density at radius 3 is 2.50 bits per heavy atom. The zero-order valence-corrected chi connectivity index (χ0v) is 13.3. The zero-order chi connectivity index (χ0) is 15.1. The van der Waals surface area contributed by atoms with Crippen molar-refractivity contribution in [3.05, 3.63) is 23.5 Å². The number of anilines is 1. The van der Waals surface area contributed by atoms with E-state index in [4.69, 9.17) is 0 Å². The van der Waals surface area contributed by atoms with Crippen LogP contribution in [0.25, 0.3) is 0 Å². The molecule has 112 valence electrons. The topological polar surface area (TPSA) is 54.0 Å². The number of hydrogen-bond donors (Lipinski definition) is 2. The molecule has 20 heavy (non-hydrogen) atoms. The third kappa shape index (κ3) is 4.22. The summed E-state index contributed by atoms with van der Waals surface area (Å²) in [6.07, 6.45) is 3.80. The van der Waals surface area contributed by atoms with Gasteiger partial charge in [0.2, 0.25) is 0 Å². The zero-order valence-electron chi connectivity index (χ0n) is 13.3. The highest BCUT2D eigenvalue weighted by atomic mass is 16.1. The third-order valence-electron chi connectivity index (χ3n) is 3.77. The standard InChI is InChI=1S/C16H27N3O/c1-6-13(7-2)12(5)19-16(20)14-10-18-11(4)9-15(14)17-8-3/h9-10,12-13H,6-8H2,1-5H3,(H,17,18)(H,19,20). The van der Waals surface area contributed by atoms with Crippen LogP contribution in [0.5, 0.6) is 0 Å². The highest BCUT2D eigenvalue weighted by Crippen LogP contribution is 2.17. The maximum absolute atomic E-state index is 12.4. The lowest BCUT2D eigenvalue weighted by Gasteiger charge is -2.23. The Balaban J connectivity index is 2.86. The molecule has 0 aliphatic heterocycles. The van der Waals surface area contributed by atoms with Crippen LogP contribution in [0.15, 0.2) is 12.3 Å². The molecule has 1 atom stereocenters. The molecule has 0 fully saturated rings. The lowest BCUT2D eigenvalue weighted by atomic mass is 9.95. The molecular weight excluding hydrogens is 250 g/mol. The highest BCUT2D eigenvalue weighted by Gasteiger charge is 2.18. The van der Waals surface area contributed by atoms with E-state index in [1.165, 1.54) is 0 Å². The van der Waals surface area contributed by atoms with Crippen LogP contribution in [0, 0.1) is 12.8 Å². The van der Waals surface area contributed by atoms with Gasteiger partial charge in [-0.25, -0.2) is 0 Å². The van der Waals surface area contributed by atoms with E-state index in [2.05, 4.69) is 36.4 Å². The maximum atomic E-state index is 12.4. The predicted octanol–water partition coefficient (Wildman–Crippen LogP) is 3.38. The van der Waals surface area contributed by atoms with E-state index in [1.807, 2.05) is 19.9 Å². The summed E-state index contributed by atoms with van der Waals surface area (Å²) < 4.78 is 0. The molecule has 0 saturated heterocycles. The number of aromatic nitrogens is 1. The SMILES string of the molecule is CCNc1cc(C)ncc1C(=O)NC(C)C(CC)CC. The van der Waals surface area contributed by atoms with Gasteiger partial charge in [0.1, 0.15) is 0 Å². The number of amides is 1. The van der Waals surface area contributed by atoms with Crippen molar-refractivity contribution in [1.82, 2.24) is 10.3 Å². The first kappa shape index (κ1) is 16.5. The molecule has 4 nitrogen and oxygen atoms in total. The fraction of sp³-hybridized carbons (Fsp3) is 0.625. The van der Waals surface area contributed by atoms with Crippen LogP contribution in [0.3, 0.4) is 0 Å². The van der Waals surface area contributed by atoms with Crippen molar-refractivity contribution in [2.45, 2.75) is 53.5 Å². The van der Waals surface area contributed by atoms with Crippen molar-refractivity contribution in [3.63, 3.8) is 0 Å². The average Bonchev–Trinajstić information content (AvgIpc) is 2.40. The van der Waals surface area contributed by atoms with E-state index in [9.17, 15) is 4.79 Å². The van der Waals surface area contributed by atoms with Crippen molar-refractivity contribution in [1.29, 1.82) is 0 Å². The Morgan fingerprint density at radius 1 is 1.30 bits per heavy atom. The molecule has 1 rings (SSSR count). The molecule has 0 aromatic carbocycles. The Morgan fingerprint density at radius 2 is 1.95 bits per heavy atom. The summed E-state index contributed by atoms with van der Waals surface area (Å²) in [6.45, 7) is 11.1. The normalized spacial score (nSPS) is 12.3. The van der Waals surface area contributed by atoms with Gasteiger partial charge in [0.25, 0.3) is 5.91 Å². The van der Waals surface area contributed by atoms with Crippen molar-refractivity contribution >= 4 is 11.6 Å². The van der Waals surface area contributed by atoms with Gasteiger partial charge in [0, 0.05) is 24.5 Å². The Hall–Kier alpha value is -1.58. The van der Waals surface area contributed by atoms with Crippen LogP contribution in [-0.2, 0) is 0 Å². The van der Waals surface area contributed by atoms with E-state index in [-0.39, 0.29) is 11.9 Å². The largest absolute Gasteiger partial charge is 0.385 e. The lowest BCUT2D eigenvalue weighted by Crippen LogP contribution is -2.38. The lowest BCUT2D eigenvalue weighted by molar-refractivity contribution is 0.0925. The van der Waals surface area contributed by atoms with E-state index in [0.717, 1.165) is 30.8 Å². The number of nitrogens with one attached hydrogen (secondary N) is 2. The Bertz CT molecular complexity index is 441. The van der Waals surface area contributed by atoms with Crippen LogP contribution in [0.4, 0.5) is 5.69 Å². The second kappa shape index (κ2) is 7.88. The van der Waals surface area contributed by atoms with Crippen molar-refractivity contribution in [3.8, 4) is 0 Å². The van der Waals surface area contributed by atoms with Crippen LogP contribution < -0.4 is 10.6 Å². The van der Waals surface area contributed by atoms with Crippen LogP contribution in [0.2, 0.25) is 0 Å². The fourth-order valence-corrected chi connectivity index (χ4v) is 2.48. The molecule has 1 aromatic heterocycles. The van der Waals surface area contributed by atoms with Gasteiger partial charge in [0.05, 0.1) is 11.3 Å². The number of rotatable bonds is 7. The quantitative estimate of drug-likeness (QED) is 0.803. The summed E-state index contributed by atoms with van der Waals surface area (Å²) in [5, 5.41) is 6.32. The van der Waals surface area contributed by atoms with E-state index >= 15 is 0 Å². The van der Waals surface area contributed by atoms with Crippen molar-refractivity contribution in [2.75, 3.05) is 11.9 Å². The van der Waals surface area contributed by atoms with Crippen LogP contribution in [-0.4, -0.2) is 23.5 Å². The predicted molar refractivity (Wildman–Crippen MR) is 84.1 cm³/mol. The number of pyridine rings is 1. The Labute approximate surface area is 122 Å². The van der Waals surface area contributed by atoms with Gasteiger partial charge < -0.3 is 10.6 Å². The molecule has 0 bridgehead atoms. The Kier molecular flexibility index (Phi) is 6.49. The van der Waals surface area contributed by atoms with Crippen molar-refractivity contribution in [2.24, 2.45) is 5.92 Å². The first-order valence-corrected chi connectivity index (χ1v) is 7.54. The van der Waals surface area contributed by atoms with Gasteiger partial charge in [0.15, 0.2) is 0 Å². The minimum atomic E-state index is -0.0483. The van der Waals surface area contributed by atoms with E-state index in [0.29, 0.717) is 11.5 Å². The summed E-state index contributed by atoms with van der Waals surface area (Å²) in [5.41, 5.74) is 2.38. The van der Waals surface area contributed by atoms with Gasteiger partial charge in [-0.3, -0.25) is 9.78 Å². The van der Waals surface area contributed by atoms with E-state index in [1.54, 1.807) is 6.20 Å². The molecular formula is C16H27N3O. The molecule has 0 radical (unpaired) electrons. The summed E-state index contributed by atoms with van der Waals surface area (Å²) in [4.78, 5) is 16.6. The summed E-state index contributed by atoms with van der Waals surface area (Å²) in [6, 6.07) is 2.09. The van der Waals surface area contributed by atoms with Crippen molar-refractivity contribution < 1.29 is 4.79 Å². The first-order valence-electron chi connectivity index (χ1n) is 7.54. The molecule has 0 aliphatic rings. The maximum Gasteiger partial charge on any atom is 0.255 e. The molecule has 0 saturated carbocycles. The second-order valence-electron chi connectivity index (χ2n) is 5.24. The fourth-order valence-electron chi connectivity index (χ4n) is 2.48. The molecule has 4 heteroatoms. The van der Waals surface area contributed by atoms with E-state index < -0.39 is 0 Å². The molecule has 1 heterocycles. The smallest absolute Gasteiger partial charge is 0.255 e. The number of carbonyl (C=O) groups excluding carboxylic acids is 1. The minimum Gasteiger partial charge on any atom is -0.385 e.